The molecule has 4 aromatic rings. The normalized spacial score (nSPS) is 19.0. The number of nitrogens with one attached hydrogen (secondary N) is 1. The Bertz CT molecular complexity index is 1680. The number of methoxy groups -OCH3 is 1. The molecule has 1 saturated heterocycles. The molecule has 2 amide bonds. The van der Waals surface area contributed by atoms with E-state index in [1.807, 2.05) is 60.7 Å². The SMILES string of the molecule is COc1ccc([Si](C)(C)[C@@H]2[C@@H](C)[C@@H](CCc3cccc(NC(=O)c4ccc(N)cc4)c3)O[C@H]2CC(=O)N(CCO)Cc2ccccc2)cc1. The molecule has 1 aliphatic rings. The van der Waals surface area contributed by atoms with Crippen molar-refractivity contribution in [1.82, 2.24) is 4.90 Å². The van der Waals surface area contributed by atoms with Crippen LogP contribution in [0.4, 0.5) is 11.4 Å². The summed E-state index contributed by atoms with van der Waals surface area (Å²) < 4.78 is 12.3. The minimum atomic E-state index is -2.17. The van der Waals surface area contributed by atoms with Crippen molar-refractivity contribution in [3.63, 3.8) is 0 Å². The van der Waals surface area contributed by atoms with Crippen molar-refractivity contribution in [1.29, 1.82) is 0 Å². The number of nitrogens with zero attached hydrogens (tertiary/aromatic N) is 1. The molecule has 9 heteroatoms. The van der Waals surface area contributed by atoms with Crippen LogP contribution in [0.5, 0.6) is 5.75 Å². The zero-order chi connectivity index (χ0) is 35.0. The first-order chi connectivity index (χ1) is 23.6. The number of carbonyl (C=O) groups is 2. The Balaban J connectivity index is 1.33. The van der Waals surface area contributed by atoms with Gasteiger partial charge >= 0.3 is 0 Å². The van der Waals surface area contributed by atoms with E-state index >= 15 is 0 Å². The first-order valence-corrected chi connectivity index (χ1v) is 20.1. The number of amides is 2. The van der Waals surface area contributed by atoms with Gasteiger partial charge in [0.05, 0.1) is 40.4 Å². The van der Waals surface area contributed by atoms with E-state index in [-0.39, 0.29) is 55.1 Å². The van der Waals surface area contributed by atoms with E-state index in [1.54, 1.807) is 36.3 Å². The van der Waals surface area contributed by atoms with Crippen LogP contribution in [0.1, 0.15) is 41.3 Å². The Morgan fingerprint density at radius 1 is 0.918 bits per heavy atom. The van der Waals surface area contributed by atoms with Crippen LogP contribution in [-0.4, -0.2) is 62.4 Å². The zero-order valence-corrected chi connectivity index (χ0v) is 30.0. The Morgan fingerprint density at radius 2 is 1.61 bits per heavy atom. The van der Waals surface area contributed by atoms with Gasteiger partial charge in [0.25, 0.3) is 5.91 Å². The fourth-order valence-corrected chi connectivity index (χ4v) is 11.4. The van der Waals surface area contributed by atoms with Crippen LogP contribution < -0.4 is 21.0 Å². The summed E-state index contributed by atoms with van der Waals surface area (Å²) in [6.07, 6.45) is 1.52. The second-order valence-corrected chi connectivity index (χ2v) is 18.3. The standard InChI is InChI=1S/C40H49N3O5Si/c1-28-36(22-13-29-11-8-12-33(25-29)42-40(46)31-14-16-32(41)17-15-31)48-37(39(28)49(3,4)35-20-18-34(47-2)19-21-35)26-38(45)43(23-24-44)27-30-9-6-5-7-10-30/h5-12,14-21,25,28,36-37,39,44H,13,22-24,26-27,41H2,1-4H3,(H,42,46)/t28-,36+,37-,39+/m0/s1. The number of aryl methyl sites for hydroxylation is 1. The summed E-state index contributed by atoms with van der Waals surface area (Å²) in [4.78, 5) is 28.5. The molecule has 1 fully saturated rings. The fourth-order valence-electron chi connectivity index (χ4n) is 7.31. The van der Waals surface area contributed by atoms with Crippen molar-refractivity contribution in [2.75, 3.05) is 31.3 Å². The number of carbonyl (C=O) groups excluding carboxylic acids is 2. The number of hydrogen-bond donors (Lipinski definition) is 3. The summed E-state index contributed by atoms with van der Waals surface area (Å²) in [5.41, 5.74) is 9.99. The van der Waals surface area contributed by atoms with Gasteiger partial charge in [-0.05, 0) is 84.0 Å². The average Bonchev–Trinajstić information content (AvgIpc) is 3.42. The van der Waals surface area contributed by atoms with E-state index in [0.29, 0.717) is 17.8 Å². The Hall–Kier alpha value is -4.44. The third kappa shape index (κ3) is 8.97. The van der Waals surface area contributed by atoms with Crippen LogP contribution in [0.25, 0.3) is 0 Å². The van der Waals surface area contributed by atoms with Crippen molar-refractivity contribution in [3.8, 4) is 5.75 Å². The predicted molar refractivity (Wildman–Crippen MR) is 199 cm³/mol. The number of hydrogen-bond acceptors (Lipinski definition) is 6. The topological polar surface area (TPSA) is 114 Å². The quantitative estimate of drug-likeness (QED) is 0.107. The lowest BCUT2D eigenvalue weighted by atomic mass is 9.95. The molecular weight excluding hydrogens is 631 g/mol. The van der Waals surface area contributed by atoms with Crippen molar-refractivity contribution in [2.24, 2.45) is 5.92 Å². The molecule has 4 N–H and O–H groups in total. The van der Waals surface area contributed by atoms with Crippen LogP contribution in [0.3, 0.4) is 0 Å². The van der Waals surface area contributed by atoms with Crippen LogP contribution in [0.15, 0.2) is 103 Å². The molecule has 0 unspecified atom stereocenters. The summed E-state index contributed by atoms with van der Waals surface area (Å²) in [5.74, 6) is 0.843. The number of anilines is 2. The molecule has 4 aromatic carbocycles. The molecule has 0 saturated carbocycles. The molecule has 49 heavy (non-hydrogen) atoms. The molecule has 0 bridgehead atoms. The molecule has 0 radical (unpaired) electrons. The van der Waals surface area contributed by atoms with Gasteiger partial charge in [0.1, 0.15) is 5.75 Å². The van der Waals surface area contributed by atoms with E-state index in [9.17, 15) is 14.7 Å². The molecule has 0 aliphatic carbocycles. The first-order valence-electron chi connectivity index (χ1n) is 17.1. The third-order valence-electron chi connectivity index (χ3n) is 9.96. The minimum Gasteiger partial charge on any atom is -0.497 e. The predicted octanol–water partition coefficient (Wildman–Crippen LogP) is 6.26. The second kappa shape index (κ2) is 16.3. The van der Waals surface area contributed by atoms with Gasteiger partial charge in [0.2, 0.25) is 5.91 Å². The highest BCUT2D eigenvalue weighted by molar-refractivity contribution is 6.91. The lowest BCUT2D eigenvalue weighted by molar-refractivity contribution is -0.135. The lowest BCUT2D eigenvalue weighted by Gasteiger charge is -2.36. The van der Waals surface area contributed by atoms with Gasteiger partial charge in [-0.25, -0.2) is 0 Å². The highest BCUT2D eigenvalue weighted by Gasteiger charge is 2.51. The van der Waals surface area contributed by atoms with E-state index < -0.39 is 8.07 Å². The van der Waals surface area contributed by atoms with Gasteiger partial charge in [-0.1, -0.05) is 79.8 Å². The van der Waals surface area contributed by atoms with Crippen LogP contribution in [0, 0.1) is 5.92 Å². The summed E-state index contributed by atoms with van der Waals surface area (Å²) in [6, 6.07) is 33.1. The molecule has 8 nitrogen and oxygen atoms in total. The van der Waals surface area contributed by atoms with Gasteiger partial charge in [0.15, 0.2) is 0 Å². The van der Waals surface area contributed by atoms with Crippen molar-refractivity contribution in [3.05, 3.63) is 120 Å². The second-order valence-electron chi connectivity index (χ2n) is 13.6. The van der Waals surface area contributed by atoms with Gasteiger partial charge in [-0.15, -0.1) is 0 Å². The van der Waals surface area contributed by atoms with Crippen LogP contribution in [0.2, 0.25) is 18.6 Å². The van der Waals surface area contributed by atoms with Gasteiger partial charge in [-0.3, -0.25) is 9.59 Å². The molecule has 1 heterocycles. The van der Waals surface area contributed by atoms with E-state index in [2.05, 4.69) is 43.5 Å². The molecule has 1 aliphatic heterocycles. The van der Waals surface area contributed by atoms with E-state index in [1.165, 1.54) is 5.19 Å². The van der Waals surface area contributed by atoms with Crippen molar-refractivity contribution < 1.29 is 24.2 Å². The Morgan fingerprint density at radius 3 is 2.29 bits per heavy atom. The largest absolute Gasteiger partial charge is 0.497 e. The molecule has 4 atom stereocenters. The Kier molecular flexibility index (Phi) is 11.9. The molecule has 0 spiro atoms. The summed E-state index contributed by atoms with van der Waals surface area (Å²) in [7, 11) is -0.497. The fraction of sp³-hybridized carbons (Fsp3) is 0.350. The highest BCUT2D eigenvalue weighted by Crippen LogP contribution is 2.46. The summed E-state index contributed by atoms with van der Waals surface area (Å²) in [5, 5.41) is 14.1. The maximum absolute atomic E-state index is 13.9. The average molecular weight is 680 g/mol. The number of aliphatic hydroxyl groups is 1. The molecule has 5 rings (SSSR count). The van der Waals surface area contributed by atoms with Crippen molar-refractivity contribution >= 4 is 36.4 Å². The number of rotatable bonds is 14. The monoisotopic (exact) mass is 679 g/mol. The van der Waals surface area contributed by atoms with Crippen LogP contribution in [-0.2, 0) is 22.5 Å². The zero-order valence-electron chi connectivity index (χ0n) is 29.0. The van der Waals surface area contributed by atoms with Gasteiger partial charge in [-0.2, -0.15) is 0 Å². The lowest BCUT2D eigenvalue weighted by Crippen LogP contribution is -2.51. The van der Waals surface area contributed by atoms with Crippen LogP contribution >= 0.6 is 0 Å². The number of aliphatic hydroxyl groups excluding tert-OH is 1. The first kappa shape index (κ1) is 35.9. The minimum absolute atomic E-state index is 0.00942. The van der Waals surface area contributed by atoms with E-state index in [0.717, 1.165) is 35.4 Å². The van der Waals surface area contributed by atoms with Gasteiger partial charge < -0.3 is 30.5 Å². The smallest absolute Gasteiger partial charge is 0.255 e. The van der Waals surface area contributed by atoms with Gasteiger partial charge in [0, 0.05) is 30.0 Å². The molecule has 258 valence electrons. The maximum atomic E-state index is 13.9. The highest BCUT2D eigenvalue weighted by atomic mass is 28.3. The summed E-state index contributed by atoms with van der Waals surface area (Å²) >= 11 is 0. The van der Waals surface area contributed by atoms with Crippen molar-refractivity contribution in [2.45, 2.75) is 63.6 Å². The molecular formula is C40H49N3O5Si. The maximum Gasteiger partial charge on any atom is 0.255 e. The molecule has 0 aromatic heterocycles. The number of ether oxygens (including phenoxy) is 2. The summed E-state index contributed by atoms with van der Waals surface area (Å²) in [6.45, 7) is 7.65. The Labute approximate surface area is 291 Å². The third-order valence-corrected chi connectivity index (χ3v) is 14.3. The number of nitrogen functional groups attached to an aromatic ring is 1. The number of nitrogens with two attached hydrogens (primary N) is 1. The number of benzene rings is 4. The van der Waals surface area contributed by atoms with E-state index in [4.69, 9.17) is 15.2 Å².